The van der Waals surface area contributed by atoms with E-state index in [-0.39, 0.29) is 6.54 Å². The van der Waals surface area contributed by atoms with Crippen molar-refractivity contribution < 1.29 is 14.6 Å². The van der Waals surface area contributed by atoms with Crippen LogP contribution in [0.15, 0.2) is 78.1 Å². The van der Waals surface area contributed by atoms with Gasteiger partial charge in [-0.1, -0.05) is 59.6 Å². The highest BCUT2D eigenvalue weighted by Gasteiger charge is 2.44. The predicted octanol–water partition coefficient (Wildman–Crippen LogP) is 5.92. The van der Waals surface area contributed by atoms with Gasteiger partial charge in [-0.3, -0.25) is 9.69 Å². The molecule has 4 nitrogen and oxygen atoms in total. The molecule has 0 saturated carbocycles. The van der Waals surface area contributed by atoms with Gasteiger partial charge < -0.3 is 9.84 Å². The van der Waals surface area contributed by atoms with Crippen LogP contribution in [0.2, 0.25) is 10.0 Å². The first kappa shape index (κ1) is 21.7. The summed E-state index contributed by atoms with van der Waals surface area (Å²) in [7, 11) is 1.81. The molecule has 1 atom stereocenters. The number of nitrogens with zero attached hydrogens (tertiary/aromatic N) is 1. The summed E-state index contributed by atoms with van der Waals surface area (Å²) in [5, 5.41) is 10.5. The summed E-state index contributed by atoms with van der Waals surface area (Å²) in [6.45, 7) is 0.553. The van der Waals surface area contributed by atoms with Crippen molar-refractivity contribution in [3.63, 3.8) is 0 Å². The van der Waals surface area contributed by atoms with Crippen LogP contribution in [-0.4, -0.2) is 36.1 Å². The molecule has 0 aromatic heterocycles. The fourth-order valence-corrected chi connectivity index (χ4v) is 4.44. The molecular formula is C25H23Cl2NO3. The fourth-order valence-electron chi connectivity index (χ4n) is 4.19. The molecule has 160 valence electrons. The molecule has 1 aliphatic carbocycles. The van der Waals surface area contributed by atoms with E-state index in [1.807, 2.05) is 54.8 Å². The molecule has 0 amide bonds. The van der Waals surface area contributed by atoms with Crippen LogP contribution in [-0.2, 0) is 15.1 Å². The molecule has 6 heteroatoms. The Labute approximate surface area is 192 Å². The molecule has 2 aromatic rings. The van der Waals surface area contributed by atoms with Gasteiger partial charge in [-0.25, -0.2) is 0 Å². The zero-order valence-corrected chi connectivity index (χ0v) is 18.7. The summed E-state index contributed by atoms with van der Waals surface area (Å²) in [6, 6.07) is 15.5. The van der Waals surface area contributed by atoms with Crippen molar-refractivity contribution in [3.8, 4) is 0 Å². The van der Waals surface area contributed by atoms with Crippen LogP contribution in [0, 0.1) is 0 Å². The number of allylic oxidation sites excluding steroid dienone is 3. The van der Waals surface area contributed by atoms with Crippen molar-refractivity contribution in [1.82, 2.24) is 4.90 Å². The number of rotatable bonds is 7. The first-order chi connectivity index (χ1) is 14.9. The molecular weight excluding hydrogens is 433 g/mol. The first-order valence-electron chi connectivity index (χ1n) is 10.1. The first-order valence-corrected chi connectivity index (χ1v) is 10.8. The van der Waals surface area contributed by atoms with Crippen LogP contribution in [0.5, 0.6) is 0 Å². The summed E-state index contributed by atoms with van der Waals surface area (Å²) < 4.78 is 6.37. The molecule has 1 N–H and O–H groups in total. The molecule has 4 rings (SSSR count). The summed E-state index contributed by atoms with van der Waals surface area (Å²) in [6.07, 6.45) is 7.48. The van der Waals surface area contributed by atoms with Gasteiger partial charge in [0, 0.05) is 40.6 Å². The number of carboxylic acid groups (broad SMARTS) is 1. The lowest BCUT2D eigenvalue weighted by molar-refractivity contribution is -0.138. The zero-order valence-electron chi connectivity index (χ0n) is 17.1. The average Bonchev–Trinajstić information content (AvgIpc) is 3.12. The molecule has 0 saturated heterocycles. The minimum Gasteiger partial charge on any atom is -0.485 e. The second kappa shape index (κ2) is 8.91. The Morgan fingerprint density at radius 3 is 2.32 bits per heavy atom. The van der Waals surface area contributed by atoms with Crippen molar-refractivity contribution in [1.29, 1.82) is 0 Å². The maximum atomic E-state index is 11.1. The van der Waals surface area contributed by atoms with Gasteiger partial charge in [-0.05, 0) is 48.0 Å². The van der Waals surface area contributed by atoms with E-state index in [0.29, 0.717) is 23.0 Å². The number of aliphatic carboxylic acids is 1. The van der Waals surface area contributed by atoms with Gasteiger partial charge >= 0.3 is 5.97 Å². The lowest BCUT2D eigenvalue weighted by Crippen LogP contribution is -2.35. The smallest absolute Gasteiger partial charge is 0.317 e. The minimum atomic E-state index is -0.846. The Bertz CT molecular complexity index is 1070. The van der Waals surface area contributed by atoms with Crippen molar-refractivity contribution in [2.24, 2.45) is 0 Å². The highest BCUT2D eigenvalue weighted by molar-refractivity contribution is 6.30. The van der Waals surface area contributed by atoms with Gasteiger partial charge in [-0.2, -0.15) is 0 Å². The Morgan fingerprint density at radius 1 is 1.03 bits per heavy atom. The van der Waals surface area contributed by atoms with Crippen LogP contribution < -0.4 is 0 Å². The number of halogens is 2. The number of carbonyl (C=O) groups is 1. The molecule has 0 bridgehead atoms. The maximum Gasteiger partial charge on any atom is 0.317 e. The number of likely N-dealkylation sites (N-methyl/N-ethyl adjacent to an activating group) is 1. The second-order valence-corrected chi connectivity index (χ2v) is 8.81. The van der Waals surface area contributed by atoms with Gasteiger partial charge in [-0.15, -0.1) is 0 Å². The van der Waals surface area contributed by atoms with Crippen molar-refractivity contribution in [2.75, 3.05) is 20.1 Å². The number of carboxylic acids is 1. The van der Waals surface area contributed by atoms with Gasteiger partial charge in [0.1, 0.15) is 0 Å². The summed E-state index contributed by atoms with van der Waals surface area (Å²) in [5.74, 6) is -0.846. The Hall–Kier alpha value is -2.53. The summed E-state index contributed by atoms with van der Waals surface area (Å²) in [4.78, 5) is 12.9. The molecule has 2 aromatic carbocycles. The second-order valence-electron chi connectivity index (χ2n) is 7.93. The number of benzene rings is 2. The van der Waals surface area contributed by atoms with Gasteiger partial charge in [0.25, 0.3) is 0 Å². The van der Waals surface area contributed by atoms with Crippen LogP contribution in [0.4, 0.5) is 0 Å². The van der Waals surface area contributed by atoms with E-state index in [2.05, 4.69) is 12.2 Å². The van der Waals surface area contributed by atoms with Crippen LogP contribution >= 0.6 is 23.2 Å². The third kappa shape index (κ3) is 4.57. The zero-order chi connectivity index (χ0) is 22.0. The van der Waals surface area contributed by atoms with E-state index >= 15 is 0 Å². The normalized spacial score (nSPS) is 19.9. The van der Waals surface area contributed by atoms with E-state index in [1.165, 1.54) is 5.57 Å². The number of fused-ring (bicyclic) bond motifs is 1. The third-order valence-electron chi connectivity index (χ3n) is 5.79. The number of hydrogen-bond donors (Lipinski definition) is 1. The molecule has 1 unspecified atom stereocenters. The Kier molecular flexibility index (Phi) is 6.24. The number of hydrogen-bond acceptors (Lipinski definition) is 3. The van der Waals surface area contributed by atoms with E-state index in [9.17, 15) is 4.79 Å². The van der Waals surface area contributed by atoms with Crippen LogP contribution in [0.3, 0.4) is 0 Å². The monoisotopic (exact) mass is 455 g/mol. The highest BCUT2D eigenvalue weighted by atomic mass is 35.5. The summed E-state index contributed by atoms with van der Waals surface area (Å²) >= 11 is 12.2. The lowest BCUT2D eigenvalue weighted by Gasteiger charge is -2.34. The van der Waals surface area contributed by atoms with Gasteiger partial charge in [0.15, 0.2) is 5.60 Å². The Morgan fingerprint density at radius 2 is 1.68 bits per heavy atom. The van der Waals surface area contributed by atoms with Crippen molar-refractivity contribution >= 4 is 34.7 Å². The average molecular weight is 456 g/mol. The topological polar surface area (TPSA) is 49.8 Å². The van der Waals surface area contributed by atoms with Crippen LogP contribution in [0.1, 0.15) is 24.0 Å². The number of ether oxygens (including phenoxy) is 1. The molecule has 31 heavy (non-hydrogen) atoms. The SMILES string of the molecule is CN(CCC1(c2ccc(Cl)cc2)OC=C2CC(c3ccc(Cl)cc3)=CC=C21)CC(=O)O. The minimum absolute atomic E-state index is 0.0172. The standard InChI is InChI=1S/C25H23Cl2NO3/c1-28(15-24(29)30)13-12-25(20-5-9-22(27)10-6-20)23-11-4-18(14-19(23)16-31-25)17-2-7-21(26)8-3-17/h2-11,16H,12-15H2,1H3,(H,29,30). The van der Waals surface area contributed by atoms with Crippen LogP contribution in [0.25, 0.3) is 5.57 Å². The van der Waals surface area contributed by atoms with E-state index in [1.54, 1.807) is 11.9 Å². The van der Waals surface area contributed by atoms with Gasteiger partial charge in [0.05, 0.1) is 12.8 Å². The quantitative estimate of drug-likeness (QED) is 0.562. The van der Waals surface area contributed by atoms with E-state index in [4.69, 9.17) is 33.0 Å². The van der Waals surface area contributed by atoms with Crippen molar-refractivity contribution in [2.45, 2.75) is 18.4 Å². The third-order valence-corrected chi connectivity index (χ3v) is 6.30. The van der Waals surface area contributed by atoms with Gasteiger partial charge in [0.2, 0.25) is 0 Å². The van der Waals surface area contributed by atoms with E-state index < -0.39 is 11.6 Å². The Balaban J connectivity index is 1.68. The fraction of sp³-hybridized carbons (Fsp3) is 0.240. The molecule has 0 spiro atoms. The largest absolute Gasteiger partial charge is 0.485 e. The molecule has 0 radical (unpaired) electrons. The lowest BCUT2D eigenvalue weighted by atomic mass is 9.77. The molecule has 1 aliphatic heterocycles. The summed E-state index contributed by atoms with van der Waals surface area (Å²) in [5.41, 5.74) is 4.89. The molecule has 2 aliphatic rings. The molecule has 1 heterocycles. The van der Waals surface area contributed by atoms with E-state index in [0.717, 1.165) is 28.7 Å². The predicted molar refractivity (Wildman–Crippen MR) is 124 cm³/mol. The molecule has 0 fully saturated rings. The highest BCUT2D eigenvalue weighted by Crippen LogP contribution is 2.50. The maximum absolute atomic E-state index is 11.1. The van der Waals surface area contributed by atoms with Crippen molar-refractivity contribution in [3.05, 3.63) is 99.3 Å².